The van der Waals surface area contributed by atoms with Gasteiger partial charge in [-0.05, 0) is 52.5 Å². The second-order valence-corrected chi connectivity index (χ2v) is 12.5. The predicted molar refractivity (Wildman–Crippen MR) is 164 cm³/mol. The number of aliphatic hydroxyl groups excluding tert-OH is 3. The summed E-state index contributed by atoms with van der Waals surface area (Å²) in [4.78, 5) is 39.5. The second-order valence-electron chi connectivity index (χ2n) is 12.5. The van der Waals surface area contributed by atoms with Gasteiger partial charge >= 0.3 is 0 Å². The number of carbonyl (C=O) groups is 3. The predicted octanol–water partition coefficient (Wildman–Crippen LogP) is 6.24. The van der Waals surface area contributed by atoms with E-state index < -0.39 is 87.0 Å². The van der Waals surface area contributed by atoms with E-state index in [1.165, 1.54) is 13.8 Å². The maximum absolute atomic E-state index is 13.2. The molecule has 1 aliphatic rings. The molecule has 0 saturated carbocycles. The summed E-state index contributed by atoms with van der Waals surface area (Å²) in [5, 5.41) is 66.9. The first-order valence-corrected chi connectivity index (χ1v) is 14.6. The molecule has 0 bridgehead atoms. The molecule has 6 N–H and O–H groups in total. The van der Waals surface area contributed by atoms with Crippen molar-refractivity contribution in [3.8, 4) is 17.2 Å². The summed E-state index contributed by atoms with van der Waals surface area (Å²) in [6.45, 7) is 17.0. The summed E-state index contributed by atoms with van der Waals surface area (Å²) >= 11 is 0. The molecular formula is C34H46O9. The summed E-state index contributed by atoms with van der Waals surface area (Å²) in [5.74, 6) is -6.87. The molecular weight excluding hydrogens is 552 g/mol. The van der Waals surface area contributed by atoms with Crippen LogP contribution in [0.4, 0.5) is 0 Å². The molecule has 0 fully saturated rings. The third-order valence-corrected chi connectivity index (χ3v) is 8.13. The number of phenols is 3. The minimum atomic E-state index is -1.62. The van der Waals surface area contributed by atoms with Crippen LogP contribution in [0.5, 0.6) is 17.2 Å². The molecule has 9 heteroatoms. The third kappa shape index (κ3) is 7.04. The normalized spacial score (nSPS) is 16.4. The average molecular weight is 599 g/mol. The third-order valence-electron chi connectivity index (χ3n) is 8.13. The molecule has 0 heterocycles. The Balaban J connectivity index is 2.79. The molecule has 0 amide bonds. The monoisotopic (exact) mass is 598 g/mol. The van der Waals surface area contributed by atoms with Crippen LogP contribution < -0.4 is 0 Å². The van der Waals surface area contributed by atoms with Crippen LogP contribution in [0.1, 0.15) is 96.1 Å². The first-order valence-electron chi connectivity index (χ1n) is 14.6. The van der Waals surface area contributed by atoms with Gasteiger partial charge in [0.25, 0.3) is 0 Å². The molecule has 2 atom stereocenters. The van der Waals surface area contributed by atoms with Crippen LogP contribution in [0.25, 0.3) is 0 Å². The van der Waals surface area contributed by atoms with Crippen LogP contribution in [0.15, 0.2) is 46.5 Å². The molecule has 1 aliphatic carbocycles. The van der Waals surface area contributed by atoms with Gasteiger partial charge in [-0.2, -0.15) is 0 Å². The highest BCUT2D eigenvalue weighted by molar-refractivity contribution is 6.24. The Labute approximate surface area is 253 Å². The molecule has 1 aromatic carbocycles. The van der Waals surface area contributed by atoms with Crippen LogP contribution in [-0.2, 0) is 22.4 Å². The Morgan fingerprint density at radius 1 is 0.930 bits per heavy atom. The number of hydrogen-bond donors (Lipinski definition) is 6. The molecule has 0 saturated heterocycles. The number of rotatable bonds is 13. The van der Waals surface area contributed by atoms with Crippen LogP contribution in [0.3, 0.4) is 0 Å². The highest BCUT2D eigenvalue weighted by Crippen LogP contribution is 2.47. The molecule has 0 radical (unpaired) electrons. The maximum Gasteiger partial charge on any atom is 0.183 e. The number of Topliss-reactive ketones (excluding diaryl/α,β-unsaturated/α-hetero) is 3. The number of aromatic hydroxyl groups is 3. The Bertz CT molecular complexity index is 1420. The fraction of sp³-hybridized carbons (Fsp3) is 0.500. The van der Waals surface area contributed by atoms with Gasteiger partial charge in [-0.1, -0.05) is 45.9 Å². The van der Waals surface area contributed by atoms with E-state index in [0.29, 0.717) is 24.8 Å². The summed E-state index contributed by atoms with van der Waals surface area (Å²) in [7, 11) is 0. The minimum Gasteiger partial charge on any atom is -0.511 e. The van der Waals surface area contributed by atoms with E-state index in [1.807, 2.05) is 19.9 Å². The van der Waals surface area contributed by atoms with Gasteiger partial charge in [0.05, 0.1) is 11.5 Å². The van der Waals surface area contributed by atoms with Crippen molar-refractivity contribution >= 4 is 17.3 Å². The molecule has 0 aliphatic heterocycles. The van der Waals surface area contributed by atoms with Crippen LogP contribution in [-0.4, -0.2) is 54.1 Å². The van der Waals surface area contributed by atoms with Crippen molar-refractivity contribution in [1.82, 2.24) is 0 Å². The Kier molecular flexibility index (Phi) is 11.2. The number of carbonyl (C=O) groups excluding carboxylic acids is 3. The van der Waals surface area contributed by atoms with E-state index >= 15 is 0 Å². The zero-order valence-corrected chi connectivity index (χ0v) is 26.5. The molecule has 2 unspecified atom stereocenters. The number of aliphatic hydroxyl groups is 3. The lowest BCUT2D eigenvalue weighted by atomic mass is 9.72. The van der Waals surface area contributed by atoms with E-state index in [9.17, 15) is 45.0 Å². The lowest BCUT2D eigenvalue weighted by Gasteiger charge is -2.32. The van der Waals surface area contributed by atoms with Crippen LogP contribution >= 0.6 is 0 Å². The van der Waals surface area contributed by atoms with E-state index in [1.54, 1.807) is 27.7 Å². The van der Waals surface area contributed by atoms with Gasteiger partial charge in [-0.3, -0.25) is 14.4 Å². The standard InChI is InChI=1S/C34H46O9/c1-10-18(6)27(37)25-31(41)22(32(42)34(8,9)33(25)43)14-20-28(38)21(15-23(35)19(7)13-11-12-16(2)3)30(40)24(29(20)39)26(36)17(4)5/h12,17-18,23,35,38-42H,7,10-11,13-15H2,1-6,8-9H3. The van der Waals surface area contributed by atoms with E-state index in [-0.39, 0.29) is 23.1 Å². The van der Waals surface area contributed by atoms with Crippen LogP contribution in [0.2, 0.25) is 0 Å². The number of hydrogen-bond acceptors (Lipinski definition) is 9. The maximum atomic E-state index is 13.2. The van der Waals surface area contributed by atoms with Gasteiger partial charge in [0, 0.05) is 41.4 Å². The summed E-state index contributed by atoms with van der Waals surface area (Å²) in [6.07, 6.45) is 1.21. The smallest absolute Gasteiger partial charge is 0.183 e. The first kappa shape index (κ1) is 35.3. The van der Waals surface area contributed by atoms with Crippen molar-refractivity contribution in [1.29, 1.82) is 0 Å². The Hall–Kier alpha value is -3.85. The Morgan fingerprint density at radius 3 is 2.00 bits per heavy atom. The highest BCUT2D eigenvalue weighted by atomic mass is 16.3. The first-order chi connectivity index (χ1) is 19.8. The van der Waals surface area contributed by atoms with Crippen molar-refractivity contribution in [2.75, 3.05) is 0 Å². The molecule has 43 heavy (non-hydrogen) atoms. The number of ketones is 3. The zero-order chi connectivity index (χ0) is 33.1. The number of allylic oxidation sites excluding steroid dienone is 5. The van der Waals surface area contributed by atoms with E-state index in [2.05, 4.69) is 6.58 Å². The second kappa shape index (κ2) is 13.6. The van der Waals surface area contributed by atoms with Gasteiger partial charge in [-0.25, -0.2) is 0 Å². The highest BCUT2D eigenvalue weighted by Gasteiger charge is 2.46. The summed E-state index contributed by atoms with van der Waals surface area (Å²) in [6, 6.07) is 0. The lowest BCUT2D eigenvalue weighted by Crippen LogP contribution is -2.38. The average Bonchev–Trinajstić information content (AvgIpc) is 2.93. The molecule has 0 aromatic heterocycles. The summed E-state index contributed by atoms with van der Waals surface area (Å²) < 4.78 is 0. The van der Waals surface area contributed by atoms with E-state index in [0.717, 1.165) is 5.57 Å². The summed E-state index contributed by atoms with van der Waals surface area (Å²) in [5.41, 5.74) is -1.98. The van der Waals surface area contributed by atoms with E-state index in [4.69, 9.17) is 0 Å². The fourth-order valence-corrected chi connectivity index (χ4v) is 4.93. The zero-order valence-electron chi connectivity index (χ0n) is 26.5. The van der Waals surface area contributed by atoms with Gasteiger partial charge in [0.2, 0.25) is 0 Å². The molecule has 0 spiro atoms. The molecule has 1 aromatic rings. The van der Waals surface area contributed by atoms with Crippen LogP contribution in [0, 0.1) is 17.3 Å². The SMILES string of the molecule is C=C(CCC=C(C)C)C(O)Cc1c(O)c(CC2=C(O)C(C)(C)C(=O)C(C(=O)C(C)CC)=C2O)c(O)c(C(=O)C(C)C)c1O. The molecule has 9 nitrogen and oxygen atoms in total. The van der Waals surface area contributed by atoms with Crippen molar-refractivity contribution in [2.45, 2.75) is 93.6 Å². The quantitative estimate of drug-likeness (QED) is 0.0873. The van der Waals surface area contributed by atoms with Gasteiger partial charge < -0.3 is 30.6 Å². The van der Waals surface area contributed by atoms with Gasteiger partial charge in [-0.15, -0.1) is 0 Å². The minimum absolute atomic E-state index is 0.238. The van der Waals surface area contributed by atoms with Crippen molar-refractivity contribution in [3.05, 3.63) is 63.2 Å². The van der Waals surface area contributed by atoms with Gasteiger partial charge in [0.1, 0.15) is 39.9 Å². The van der Waals surface area contributed by atoms with Crippen molar-refractivity contribution < 1.29 is 45.0 Å². The topological polar surface area (TPSA) is 173 Å². The Morgan fingerprint density at radius 2 is 1.49 bits per heavy atom. The van der Waals surface area contributed by atoms with Gasteiger partial charge in [0.15, 0.2) is 17.3 Å². The lowest BCUT2D eigenvalue weighted by molar-refractivity contribution is -0.128. The largest absolute Gasteiger partial charge is 0.511 e. The fourth-order valence-electron chi connectivity index (χ4n) is 4.93. The molecule has 2 rings (SSSR count). The van der Waals surface area contributed by atoms with Crippen molar-refractivity contribution in [2.24, 2.45) is 17.3 Å². The van der Waals surface area contributed by atoms with Crippen molar-refractivity contribution in [3.63, 3.8) is 0 Å². The molecule has 236 valence electrons. The number of benzene rings is 1. The number of phenolic OH excluding ortho intramolecular Hbond substituents is 3.